The Morgan fingerprint density at radius 1 is 1.39 bits per heavy atom. The van der Waals surface area contributed by atoms with E-state index in [0.717, 1.165) is 12.8 Å². The molecule has 0 bridgehead atoms. The van der Waals surface area contributed by atoms with Crippen LogP contribution in [0.5, 0.6) is 5.75 Å². The number of nitrogens with one attached hydrogen (secondary N) is 1. The monoisotopic (exact) mass is 250 g/mol. The van der Waals surface area contributed by atoms with Crippen molar-refractivity contribution < 1.29 is 9.53 Å². The van der Waals surface area contributed by atoms with E-state index in [1.807, 2.05) is 30.3 Å². The maximum atomic E-state index is 11.6. The topological polar surface area (TPSA) is 64.3 Å². The normalized spacial score (nSPS) is 11.9. The summed E-state index contributed by atoms with van der Waals surface area (Å²) in [6, 6.07) is 9.32. The van der Waals surface area contributed by atoms with E-state index in [1.165, 1.54) is 0 Å². The van der Waals surface area contributed by atoms with Crippen LogP contribution in [0.2, 0.25) is 0 Å². The minimum absolute atomic E-state index is 0.0586. The molecule has 1 rings (SSSR count). The van der Waals surface area contributed by atoms with Crippen LogP contribution in [-0.2, 0) is 4.79 Å². The molecule has 4 nitrogen and oxygen atoms in total. The molecule has 1 atom stereocenters. The Hall–Kier alpha value is -1.55. The summed E-state index contributed by atoms with van der Waals surface area (Å²) in [4.78, 5) is 11.6. The fourth-order valence-electron chi connectivity index (χ4n) is 1.66. The lowest BCUT2D eigenvalue weighted by molar-refractivity contribution is -0.123. The first-order valence-electron chi connectivity index (χ1n) is 6.40. The highest BCUT2D eigenvalue weighted by Crippen LogP contribution is 2.08. The van der Waals surface area contributed by atoms with Gasteiger partial charge in [0.2, 0.25) is 0 Å². The SMILES string of the molecule is CCC(CCN)CNC(=O)COc1ccccc1. The van der Waals surface area contributed by atoms with Gasteiger partial charge in [-0.15, -0.1) is 0 Å². The molecule has 0 aromatic heterocycles. The molecular weight excluding hydrogens is 228 g/mol. The Morgan fingerprint density at radius 3 is 2.72 bits per heavy atom. The first-order chi connectivity index (χ1) is 8.76. The van der Waals surface area contributed by atoms with Crippen LogP contribution in [0.1, 0.15) is 19.8 Å². The Morgan fingerprint density at radius 2 is 2.11 bits per heavy atom. The number of hydrogen-bond donors (Lipinski definition) is 2. The number of ether oxygens (including phenoxy) is 1. The predicted molar refractivity (Wildman–Crippen MR) is 72.4 cm³/mol. The molecule has 18 heavy (non-hydrogen) atoms. The average molecular weight is 250 g/mol. The van der Waals surface area contributed by atoms with Crippen LogP contribution in [0.3, 0.4) is 0 Å². The van der Waals surface area contributed by atoms with Crippen LogP contribution >= 0.6 is 0 Å². The summed E-state index contributed by atoms with van der Waals surface area (Å²) in [5.74, 6) is 1.08. The molecule has 0 saturated carbocycles. The van der Waals surface area contributed by atoms with Gasteiger partial charge >= 0.3 is 0 Å². The molecule has 0 aliphatic heterocycles. The van der Waals surface area contributed by atoms with E-state index >= 15 is 0 Å². The summed E-state index contributed by atoms with van der Waals surface area (Å²) in [5.41, 5.74) is 5.51. The summed E-state index contributed by atoms with van der Waals surface area (Å²) in [6.07, 6.45) is 1.97. The molecule has 0 spiro atoms. The summed E-state index contributed by atoms with van der Waals surface area (Å²) in [7, 11) is 0. The molecule has 0 heterocycles. The second kappa shape index (κ2) is 8.53. The van der Waals surface area contributed by atoms with E-state index in [0.29, 0.717) is 24.8 Å². The Bertz CT molecular complexity index is 341. The Balaban J connectivity index is 2.21. The lowest BCUT2D eigenvalue weighted by atomic mass is 10.0. The molecular formula is C14H22N2O2. The van der Waals surface area contributed by atoms with Crippen molar-refractivity contribution in [2.24, 2.45) is 11.7 Å². The molecule has 1 aromatic rings. The van der Waals surface area contributed by atoms with Gasteiger partial charge < -0.3 is 15.8 Å². The molecule has 1 aromatic carbocycles. The zero-order valence-electron chi connectivity index (χ0n) is 10.9. The van der Waals surface area contributed by atoms with Crippen LogP contribution in [-0.4, -0.2) is 25.6 Å². The van der Waals surface area contributed by atoms with E-state index in [-0.39, 0.29) is 12.5 Å². The van der Waals surface area contributed by atoms with Gasteiger partial charge in [0.05, 0.1) is 0 Å². The highest BCUT2D eigenvalue weighted by Gasteiger charge is 2.08. The molecule has 0 fully saturated rings. The number of carbonyl (C=O) groups excluding carboxylic acids is 1. The third-order valence-electron chi connectivity index (χ3n) is 2.85. The number of hydrogen-bond acceptors (Lipinski definition) is 3. The molecule has 0 saturated heterocycles. The number of carbonyl (C=O) groups is 1. The van der Waals surface area contributed by atoms with Crippen LogP contribution < -0.4 is 15.8 Å². The second-order valence-electron chi connectivity index (χ2n) is 4.26. The number of para-hydroxylation sites is 1. The van der Waals surface area contributed by atoms with Crippen LogP contribution in [0, 0.1) is 5.92 Å². The van der Waals surface area contributed by atoms with Crippen LogP contribution in [0.25, 0.3) is 0 Å². The van der Waals surface area contributed by atoms with E-state index < -0.39 is 0 Å². The van der Waals surface area contributed by atoms with Gasteiger partial charge in [0.15, 0.2) is 6.61 Å². The Labute approximate surface area is 109 Å². The number of rotatable bonds is 8. The molecule has 100 valence electrons. The van der Waals surface area contributed by atoms with Gasteiger partial charge in [-0.1, -0.05) is 31.5 Å². The van der Waals surface area contributed by atoms with E-state index in [4.69, 9.17) is 10.5 Å². The van der Waals surface area contributed by atoms with Gasteiger partial charge in [-0.3, -0.25) is 4.79 Å². The molecule has 1 unspecified atom stereocenters. The molecule has 0 aliphatic carbocycles. The summed E-state index contributed by atoms with van der Waals surface area (Å²) >= 11 is 0. The van der Waals surface area contributed by atoms with Gasteiger partial charge in [0.1, 0.15) is 5.75 Å². The van der Waals surface area contributed by atoms with Crippen molar-refractivity contribution >= 4 is 5.91 Å². The fraction of sp³-hybridized carbons (Fsp3) is 0.500. The maximum absolute atomic E-state index is 11.6. The van der Waals surface area contributed by atoms with Crippen molar-refractivity contribution in [3.05, 3.63) is 30.3 Å². The first-order valence-corrected chi connectivity index (χ1v) is 6.40. The lowest BCUT2D eigenvalue weighted by Gasteiger charge is -2.14. The van der Waals surface area contributed by atoms with Gasteiger partial charge in [0, 0.05) is 6.54 Å². The summed E-state index contributed by atoms with van der Waals surface area (Å²) < 4.78 is 5.36. The van der Waals surface area contributed by atoms with Crippen molar-refractivity contribution in [1.29, 1.82) is 0 Å². The minimum atomic E-state index is -0.0886. The van der Waals surface area contributed by atoms with Crippen molar-refractivity contribution in [1.82, 2.24) is 5.32 Å². The zero-order valence-corrected chi connectivity index (χ0v) is 10.9. The zero-order chi connectivity index (χ0) is 13.2. The summed E-state index contributed by atoms with van der Waals surface area (Å²) in [5, 5.41) is 2.87. The quantitative estimate of drug-likeness (QED) is 0.736. The second-order valence-corrected chi connectivity index (χ2v) is 4.26. The van der Waals surface area contributed by atoms with Crippen LogP contribution in [0.15, 0.2) is 30.3 Å². The number of benzene rings is 1. The van der Waals surface area contributed by atoms with Gasteiger partial charge in [-0.05, 0) is 31.0 Å². The van der Waals surface area contributed by atoms with Gasteiger partial charge in [0.25, 0.3) is 5.91 Å². The van der Waals surface area contributed by atoms with E-state index in [2.05, 4.69) is 12.2 Å². The minimum Gasteiger partial charge on any atom is -0.484 e. The van der Waals surface area contributed by atoms with Gasteiger partial charge in [-0.25, -0.2) is 0 Å². The molecule has 3 N–H and O–H groups in total. The van der Waals surface area contributed by atoms with Crippen molar-refractivity contribution in [3.63, 3.8) is 0 Å². The molecule has 1 amide bonds. The van der Waals surface area contributed by atoms with Crippen molar-refractivity contribution in [2.45, 2.75) is 19.8 Å². The number of amides is 1. The molecule has 0 radical (unpaired) electrons. The van der Waals surface area contributed by atoms with Gasteiger partial charge in [-0.2, -0.15) is 0 Å². The average Bonchev–Trinajstić information content (AvgIpc) is 2.42. The number of nitrogens with two attached hydrogens (primary N) is 1. The van der Waals surface area contributed by atoms with Crippen molar-refractivity contribution in [2.75, 3.05) is 19.7 Å². The fourth-order valence-corrected chi connectivity index (χ4v) is 1.66. The largest absolute Gasteiger partial charge is 0.484 e. The highest BCUT2D eigenvalue weighted by atomic mass is 16.5. The lowest BCUT2D eigenvalue weighted by Crippen LogP contribution is -2.33. The predicted octanol–water partition coefficient (Wildman–Crippen LogP) is 1.56. The highest BCUT2D eigenvalue weighted by molar-refractivity contribution is 5.77. The van der Waals surface area contributed by atoms with E-state index in [1.54, 1.807) is 0 Å². The summed E-state index contributed by atoms with van der Waals surface area (Å²) in [6.45, 7) is 3.50. The Kier molecular flexibility index (Phi) is 6.87. The molecule has 4 heteroatoms. The third kappa shape index (κ3) is 5.68. The molecule has 0 aliphatic rings. The maximum Gasteiger partial charge on any atom is 0.257 e. The third-order valence-corrected chi connectivity index (χ3v) is 2.85. The smallest absolute Gasteiger partial charge is 0.257 e. The first kappa shape index (κ1) is 14.5. The van der Waals surface area contributed by atoms with E-state index in [9.17, 15) is 4.79 Å². The van der Waals surface area contributed by atoms with Crippen LogP contribution in [0.4, 0.5) is 0 Å². The van der Waals surface area contributed by atoms with Crippen molar-refractivity contribution in [3.8, 4) is 5.75 Å². The standard InChI is InChI=1S/C14H22N2O2/c1-2-12(8-9-15)10-16-14(17)11-18-13-6-4-3-5-7-13/h3-7,12H,2,8-11,15H2,1H3,(H,16,17).